The van der Waals surface area contributed by atoms with Gasteiger partial charge in [0, 0.05) is 6.42 Å². The fraction of sp³-hybridized carbons (Fsp3) is 0.333. The number of carbonyl (C=O) groups excluding carboxylic acids is 1. The van der Waals surface area contributed by atoms with E-state index in [-0.39, 0.29) is 5.91 Å². The molecule has 0 bridgehead atoms. The van der Waals surface area contributed by atoms with E-state index >= 15 is 0 Å². The van der Waals surface area contributed by atoms with Crippen molar-refractivity contribution in [2.45, 2.75) is 33.4 Å². The number of nitrogens with zero attached hydrogens (tertiary/aromatic N) is 2. The van der Waals surface area contributed by atoms with Gasteiger partial charge in [-0.05, 0) is 31.2 Å². The van der Waals surface area contributed by atoms with Crippen molar-refractivity contribution >= 4 is 16.9 Å². The highest BCUT2D eigenvalue weighted by molar-refractivity contribution is 5.77. The normalized spacial score (nSPS) is 10.7. The zero-order chi connectivity index (χ0) is 19.1. The SMILES string of the molecule is CCOc1ccccc1OCCn1c(CNC(=O)CC)nc2ccccc21. The predicted molar refractivity (Wildman–Crippen MR) is 105 cm³/mol. The van der Waals surface area contributed by atoms with Crippen molar-refractivity contribution in [3.05, 3.63) is 54.4 Å². The summed E-state index contributed by atoms with van der Waals surface area (Å²) in [5.74, 6) is 2.30. The molecule has 1 N–H and O–H groups in total. The third kappa shape index (κ3) is 4.58. The molecule has 1 aromatic heterocycles. The molecule has 0 aliphatic carbocycles. The lowest BCUT2D eigenvalue weighted by Gasteiger charge is -2.13. The predicted octanol–water partition coefficient (Wildman–Crippen LogP) is 3.54. The molecule has 0 aliphatic heterocycles. The Bertz CT molecular complexity index is 905. The minimum absolute atomic E-state index is 0.00972. The topological polar surface area (TPSA) is 65.4 Å². The molecule has 27 heavy (non-hydrogen) atoms. The molecule has 0 aliphatic rings. The van der Waals surface area contributed by atoms with E-state index in [1.54, 1.807) is 0 Å². The second-order valence-electron chi connectivity index (χ2n) is 6.03. The molecule has 0 saturated heterocycles. The van der Waals surface area contributed by atoms with E-state index in [0.29, 0.717) is 32.7 Å². The smallest absolute Gasteiger partial charge is 0.220 e. The summed E-state index contributed by atoms with van der Waals surface area (Å²) in [5.41, 5.74) is 1.94. The van der Waals surface area contributed by atoms with Crippen LogP contribution in [0.4, 0.5) is 0 Å². The van der Waals surface area contributed by atoms with Crippen LogP contribution in [-0.4, -0.2) is 28.7 Å². The Labute approximate surface area is 159 Å². The lowest BCUT2D eigenvalue weighted by Crippen LogP contribution is -2.24. The number of hydrogen-bond acceptors (Lipinski definition) is 4. The van der Waals surface area contributed by atoms with Crippen LogP contribution in [0, 0.1) is 0 Å². The van der Waals surface area contributed by atoms with Gasteiger partial charge in [-0.1, -0.05) is 31.2 Å². The molecule has 1 amide bonds. The van der Waals surface area contributed by atoms with Gasteiger partial charge in [0.2, 0.25) is 5.91 Å². The average molecular weight is 367 g/mol. The van der Waals surface area contributed by atoms with Crippen LogP contribution in [-0.2, 0) is 17.9 Å². The Morgan fingerprint density at radius 1 is 1.04 bits per heavy atom. The Hall–Kier alpha value is -3.02. The third-order valence-electron chi connectivity index (χ3n) is 4.22. The molecule has 0 unspecified atom stereocenters. The summed E-state index contributed by atoms with van der Waals surface area (Å²) in [6.45, 7) is 5.87. The molecular weight excluding hydrogens is 342 g/mol. The van der Waals surface area contributed by atoms with Gasteiger partial charge < -0.3 is 19.4 Å². The van der Waals surface area contributed by atoms with E-state index in [1.807, 2.05) is 62.4 Å². The second-order valence-corrected chi connectivity index (χ2v) is 6.03. The van der Waals surface area contributed by atoms with Gasteiger partial charge >= 0.3 is 0 Å². The molecule has 0 fully saturated rings. The summed E-state index contributed by atoms with van der Waals surface area (Å²) in [6.07, 6.45) is 0.456. The van der Waals surface area contributed by atoms with Gasteiger partial charge in [0.25, 0.3) is 0 Å². The number of fused-ring (bicyclic) bond motifs is 1. The summed E-state index contributed by atoms with van der Waals surface area (Å²) in [7, 11) is 0. The maximum atomic E-state index is 11.6. The number of carbonyl (C=O) groups is 1. The summed E-state index contributed by atoms with van der Waals surface area (Å²) in [6, 6.07) is 15.6. The molecule has 3 aromatic rings. The molecule has 6 heteroatoms. The number of ether oxygens (including phenoxy) is 2. The molecular formula is C21H25N3O3. The summed E-state index contributed by atoms with van der Waals surface area (Å²) in [5, 5.41) is 2.90. The lowest BCUT2D eigenvalue weighted by molar-refractivity contribution is -0.120. The Balaban J connectivity index is 1.74. The van der Waals surface area contributed by atoms with Crippen LogP contribution in [0.15, 0.2) is 48.5 Å². The van der Waals surface area contributed by atoms with Crippen LogP contribution in [0.5, 0.6) is 11.5 Å². The number of hydrogen-bond donors (Lipinski definition) is 1. The first-order chi connectivity index (χ1) is 13.2. The maximum absolute atomic E-state index is 11.6. The fourth-order valence-corrected chi connectivity index (χ4v) is 2.90. The molecule has 142 valence electrons. The summed E-state index contributed by atoms with van der Waals surface area (Å²) in [4.78, 5) is 16.3. The number of aromatic nitrogens is 2. The Kier molecular flexibility index (Phi) is 6.30. The van der Waals surface area contributed by atoms with Crippen LogP contribution in [0.3, 0.4) is 0 Å². The quantitative estimate of drug-likeness (QED) is 0.628. The van der Waals surface area contributed by atoms with Gasteiger partial charge in [-0.25, -0.2) is 4.98 Å². The molecule has 2 aromatic carbocycles. The average Bonchev–Trinajstić information content (AvgIpc) is 3.05. The highest BCUT2D eigenvalue weighted by Crippen LogP contribution is 2.26. The molecule has 0 atom stereocenters. The van der Waals surface area contributed by atoms with Gasteiger partial charge in [-0.15, -0.1) is 0 Å². The van der Waals surface area contributed by atoms with Crippen molar-refractivity contribution in [3.8, 4) is 11.5 Å². The first kappa shape index (κ1) is 18.8. The molecule has 6 nitrogen and oxygen atoms in total. The molecule has 0 radical (unpaired) electrons. The van der Waals surface area contributed by atoms with Crippen molar-refractivity contribution in [1.82, 2.24) is 14.9 Å². The monoisotopic (exact) mass is 367 g/mol. The van der Waals surface area contributed by atoms with E-state index in [2.05, 4.69) is 14.9 Å². The van der Waals surface area contributed by atoms with Gasteiger partial charge in [0.1, 0.15) is 12.4 Å². The van der Waals surface area contributed by atoms with Crippen molar-refractivity contribution in [2.24, 2.45) is 0 Å². The zero-order valence-electron chi connectivity index (χ0n) is 15.8. The van der Waals surface area contributed by atoms with Crippen LogP contribution >= 0.6 is 0 Å². The molecule has 3 rings (SSSR count). The Morgan fingerprint density at radius 3 is 2.48 bits per heavy atom. The van der Waals surface area contributed by atoms with Crippen molar-refractivity contribution in [3.63, 3.8) is 0 Å². The lowest BCUT2D eigenvalue weighted by atomic mass is 10.3. The van der Waals surface area contributed by atoms with Crippen LogP contribution in [0.1, 0.15) is 26.1 Å². The minimum Gasteiger partial charge on any atom is -0.490 e. The van der Waals surface area contributed by atoms with Crippen LogP contribution in [0.2, 0.25) is 0 Å². The first-order valence-electron chi connectivity index (χ1n) is 9.28. The first-order valence-corrected chi connectivity index (χ1v) is 9.28. The Morgan fingerprint density at radius 2 is 1.74 bits per heavy atom. The van der Waals surface area contributed by atoms with E-state index in [1.165, 1.54) is 0 Å². The number of nitrogens with one attached hydrogen (secondary N) is 1. The van der Waals surface area contributed by atoms with Gasteiger partial charge in [0.05, 0.1) is 30.7 Å². The summed E-state index contributed by atoms with van der Waals surface area (Å²) >= 11 is 0. The van der Waals surface area contributed by atoms with E-state index in [0.717, 1.165) is 28.4 Å². The second kappa shape index (κ2) is 9.07. The highest BCUT2D eigenvalue weighted by Gasteiger charge is 2.12. The maximum Gasteiger partial charge on any atom is 0.220 e. The van der Waals surface area contributed by atoms with Crippen molar-refractivity contribution < 1.29 is 14.3 Å². The van der Waals surface area contributed by atoms with Crippen molar-refractivity contribution in [1.29, 1.82) is 0 Å². The van der Waals surface area contributed by atoms with E-state index in [9.17, 15) is 4.79 Å². The third-order valence-corrected chi connectivity index (χ3v) is 4.22. The minimum atomic E-state index is 0.00972. The number of para-hydroxylation sites is 4. The number of imidazole rings is 1. The standard InChI is InChI=1S/C21H25N3O3/c1-3-21(25)22-15-20-23-16-9-5-6-10-17(16)24(20)13-14-27-19-12-8-7-11-18(19)26-4-2/h5-12H,3-4,13-15H2,1-2H3,(H,22,25). The number of rotatable bonds is 9. The molecule has 1 heterocycles. The fourth-order valence-electron chi connectivity index (χ4n) is 2.90. The number of amides is 1. The highest BCUT2D eigenvalue weighted by atomic mass is 16.5. The van der Waals surface area contributed by atoms with Gasteiger partial charge in [-0.2, -0.15) is 0 Å². The molecule has 0 spiro atoms. The zero-order valence-corrected chi connectivity index (χ0v) is 15.8. The van der Waals surface area contributed by atoms with Crippen LogP contribution in [0.25, 0.3) is 11.0 Å². The largest absolute Gasteiger partial charge is 0.490 e. The number of benzene rings is 2. The molecule has 0 saturated carbocycles. The van der Waals surface area contributed by atoms with Gasteiger partial charge in [0.15, 0.2) is 11.5 Å². The van der Waals surface area contributed by atoms with Crippen LogP contribution < -0.4 is 14.8 Å². The van der Waals surface area contributed by atoms with E-state index in [4.69, 9.17) is 9.47 Å². The summed E-state index contributed by atoms with van der Waals surface area (Å²) < 4.78 is 13.6. The van der Waals surface area contributed by atoms with E-state index < -0.39 is 0 Å². The van der Waals surface area contributed by atoms with Crippen molar-refractivity contribution in [2.75, 3.05) is 13.2 Å². The van der Waals surface area contributed by atoms with Gasteiger partial charge in [-0.3, -0.25) is 4.79 Å².